The van der Waals surface area contributed by atoms with Gasteiger partial charge in [0, 0.05) is 43.4 Å². The van der Waals surface area contributed by atoms with Crippen LogP contribution >= 0.6 is 11.3 Å². The number of imidazole rings is 1. The van der Waals surface area contributed by atoms with E-state index in [9.17, 15) is 0 Å². The maximum atomic E-state index is 4.67. The van der Waals surface area contributed by atoms with E-state index >= 15 is 0 Å². The smallest absolute Gasteiger partial charge is 0.193 e. The van der Waals surface area contributed by atoms with E-state index in [2.05, 4.69) is 37.4 Å². The summed E-state index contributed by atoms with van der Waals surface area (Å²) in [5.41, 5.74) is 1.21. The zero-order chi connectivity index (χ0) is 11.9. The summed E-state index contributed by atoms with van der Waals surface area (Å²) in [4.78, 5) is 8.34. The van der Waals surface area contributed by atoms with E-state index in [-0.39, 0.29) is 0 Å². The number of thiazole rings is 1. The van der Waals surface area contributed by atoms with Crippen LogP contribution in [0.5, 0.6) is 0 Å². The summed E-state index contributed by atoms with van der Waals surface area (Å²) in [5, 5.41) is 5.74. The molecule has 2 aromatic heterocycles. The highest BCUT2D eigenvalue weighted by atomic mass is 32.1. The molecule has 0 amide bonds. The number of aromatic nitrogens is 2. The van der Waals surface area contributed by atoms with Crippen LogP contribution in [-0.2, 0) is 6.54 Å². The Balaban J connectivity index is 1.47. The predicted molar refractivity (Wildman–Crippen MR) is 72.9 cm³/mol. The first kappa shape index (κ1) is 11.0. The summed E-state index contributed by atoms with van der Waals surface area (Å²) in [6, 6.07) is 0.725. The predicted octanol–water partition coefficient (Wildman–Crippen LogP) is 1.58. The van der Waals surface area contributed by atoms with Crippen LogP contribution in [0.15, 0.2) is 17.8 Å². The van der Waals surface area contributed by atoms with E-state index in [1.165, 1.54) is 38.2 Å². The van der Waals surface area contributed by atoms with E-state index in [1.54, 1.807) is 11.3 Å². The summed E-state index contributed by atoms with van der Waals surface area (Å²) >= 11 is 1.71. The van der Waals surface area contributed by atoms with Gasteiger partial charge < -0.3 is 5.32 Å². The fourth-order valence-electron chi connectivity index (χ4n) is 3.35. The lowest BCUT2D eigenvalue weighted by molar-refractivity contribution is 0.310. The number of hydrogen-bond acceptors (Lipinski definition) is 4. The molecule has 1 N–H and O–H groups in total. The van der Waals surface area contributed by atoms with Gasteiger partial charge >= 0.3 is 0 Å². The SMILES string of the molecule is c1cn2cc(CN3C[C@@H]4CCCN[C@@H]4C3)nc2s1. The number of piperidine rings is 1. The Labute approximate surface area is 111 Å². The van der Waals surface area contributed by atoms with Crippen molar-refractivity contribution in [3.8, 4) is 0 Å². The fourth-order valence-corrected chi connectivity index (χ4v) is 4.07. The zero-order valence-corrected chi connectivity index (χ0v) is 11.2. The molecule has 0 aliphatic carbocycles. The van der Waals surface area contributed by atoms with E-state index in [0.717, 1.165) is 23.5 Å². The molecule has 2 fully saturated rings. The second-order valence-corrected chi connectivity index (χ2v) is 6.36. The summed E-state index contributed by atoms with van der Waals surface area (Å²) in [5.74, 6) is 0.863. The third-order valence-corrected chi connectivity index (χ3v) is 4.97. The molecule has 4 heterocycles. The molecule has 4 nitrogen and oxygen atoms in total. The van der Waals surface area contributed by atoms with E-state index < -0.39 is 0 Å². The first-order chi connectivity index (χ1) is 8.88. The minimum Gasteiger partial charge on any atom is -0.312 e. The number of fused-ring (bicyclic) bond motifs is 2. The van der Waals surface area contributed by atoms with Crippen molar-refractivity contribution in [3.63, 3.8) is 0 Å². The lowest BCUT2D eigenvalue weighted by Crippen LogP contribution is -2.40. The largest absolute Gasteiger partial charge is 0.312 e. The Morgan fingerprint density at radius 1 is 1.44 bits per heavy atom. The van der Waals surface area contributed by atoms with Crippen LogP contribution in [0.3, 0.4) is 0 Å². The second-order valence-electron chi connectivity index (χ2n) is 5.48. The molecule has 2 saturated heterocycles. The highest BCUT2D eigenvalue weighted by Gasteiger charge is 2.34. The summed E-state index contributed by atoms with van der Waals surface area (Å²) in [6.07, 6.45) is 6.99. The topological polar surface area (TPSA) is 32.6 Å². The van der Waals surface area contributed by atoms with Crippen LogP contribution in [0.2, 0.25) is 0 Å². The molecule has 18 heavy (non-hydrogen) atoms. The zero-order valence-electron chi connectivity index (χ0n) is 10.4. The normalized spacial score (nSPS) is 28.9. The van der Waals surface area contributed by atoms with Crippen LogP contribution < -0.4 is 5.32 Å². The Bertz CT molecular complexity index is 503. The Hall–Kier alpha value is -0.910. The molecule has 0 spiro atoms. The van der Waals surface area contributed by atoms with Gasteiger partial charge in [0.1, 0.15) is 0 Å². The van der Waals surface area contributed by atoms with Gasteiger partial charge in [0.2, 0.25) is 0 Å². The quantitative estimate of drug-likeness (QED) is 0.892. The summed E-state index contributed by atoms with van der Waals surface area (Å²) < 4.78 is 2.13. The maximum absolute atomic E-state index is 4.67. The van der Waals surface area contributed by atoms with Gasteiger partial charge in [-0.3, -0.25) is 9.30 Å². The standard InChI is InChI=1S/C13H18N4S/c1-2-10-6-16(9-12(10)14-3-1)7-11-8-17-4-5-18-13(17)15-11/h4-5,8,10,12,14H,1-3,6-7,9H2/t10-,12+/m0/s1. The van der Waals surface area contributed by atoms with E-state index in [0.29, 0.717) is 0 Å². The van der Waals surface area contributed by atoms with Crippen LogP contribution in [0.4, 0.5) is 0 Å². The molecule has 2 aliphatic rings. The maximum Gasteiger partial charge on any atom is 0.193 e. The Morgan fingerprint density at radius 2 is 2.44 bits per heavy atom. The molecule has 0 saturated carbocycles. The highest BCUT2D eigenvalue weighted by Crippen LogP contribution is 2.26. The number of nitrogens with zero attached hydrogens (tertiary/aromatic N) is 3. The number of rotatable bonds is 2. The third-order valence-electron chi connectivity index (χ3n) is 4.20. The lowest BCUT2D eigenvalue weighted by atomic mass is 9.94. The number of hydrogen-bond donors (Lipinski definition) is 1. The molecule has 2 aromatic rings. The van der Waals surface area contributed by atoms with Gasteiger partial charge in [0.25, 0.3) is 0 Å². The van der Waals surface area contributed by atoms with Crippen molar-refractivity contribution in [1.29, 1.82) is 0 Å². The molecule has 0 aromatic carbocycles. The molecule has 0 bridgehead atoms. The number of nitrogens with one attached hydrogen (secondary N) is 1. The summed E-state index contributed by atoms with van der Waals surface area (Å²) in [7, 11) is 0. The molecule has 2 atom stereocenters. The lowest BCUT2D eigenvalue weighted by Gasteiger charge is -2.24. The van der Waals surface area contributed by atoms with Gasteiger partial charge in [-0.15, -0.1) is 11.3 Å². The monoisotopic (exact) mass is 262 g/mol. The molecule has 0 unspecified atom stereocenters. The average Bonchev–Trinajstić information content (AvgIpc) is 3.01. The van der Waals surface area contributed by atoms with Crippen LogP contribution in [0.25, 0.3) is 4.96 Å². The molecular weight excluding hydrogens is 244 g/mol. The molecule has 2 aliphatic heterocycles. The van der Waals surface area contributed by atoms with E-state index in [4.69, 9.17) is 0 Å². The van der Waals surface area contributed by atoms with Crippen molar-refractivity contribution in [2.45, 2.75) is 25.4 Å². The van der Waals surface area contributed by atoms with Gasteiger partial charge in [-0.1, -0.05) is 0 Å². The van der Waals surface area contributed by atoms with Crippen LogP contribution in [0, 0.1) is 5.92 Å². The first-order valence-corrected chi connectivity index (χ1v) is 7.63. The van der Waals surface area contributed by atoms with Crippen molar-refractivity contribution in [2.75, 3.05) is 19.6 Å². The third kappa shape index (κ3) is 1.86. The van der Waals surface area contributed by atoms with Gasteiger partial charge in [-0.05, 0) is 25.3 Å². The van der Waals surface area contributed by atoms with Gasteiger partial charge in [-0.2, -0.15) is 0 Å². The van der Waals surface area contributed by atoms with Crippen molar-refractivity contribution < 1.29 is 0 Å². The first-order valence-electron chi connectivity index (χ1n) is 6.75. The Morgan fingerprint density at radius 3 is 3.33 bits per heavy atom. The molecule has 96 valence electrons. The summed E-state index contributed by atoms with van der Waals surface area (Å²) in [6.45, 7) is 4.64. The van der Waals surface area contributed by atoms with Crippen molar-refractivity contribution >= 4 is 16.3 Å². The fraction of sp³-hybridized carbons (Fsp3) is 0.615. The minimum absolute atomic E-state index is 0.725. The van der Waals surface area contributed by atoms with E-state index in [1.807, 2.05) is 0 Å². The molecule has 5 heteroatoms. The molecular formula is C13H18N4S. The highest BCUT2D eigenvalue weighted by molar-refractivity contribution is 7.15. The molecule has 4 rings (SSSR count). The molecule has 0 radical (unpaired) electrons. The van der Waals surface area contributed by atoms with Gasteiger partial charge in [-0.25, -0.2) is 4.98 Å². The van der Waals surface area contributed by atoms with Crippen LogP contribution in [0.1, 0.15) is 18.5 Å². The second kappa shape index (κ2) is 4.33. The average molecular weight is 262 g/mol. The van der Waals surface area contributed by atoms with Gasteiger partial charge in [0.15, 0.2) is 4.96 Å². The number of likely N-dealkylation sites (tertiary alicyclic amines) is 1. The Kier molecular flexibility index (Phi) is 2.64. The van der Waals surface area contributed by atoms with Crippen molar-refractivity contribution in [2.24, 2.45) is 5.92 Å². The van der Waals surface area contributed by atoms with Crippen LogP contribution in [-0.4, -0.2) is 40.0 Å². The minimum atomic E-state index is 0.725. The van der Waals surface area contributed by atoms with Gasteiger partial charge in [0.05, 0.1) is 5.69 Å². The van der Waals surface area contributed by atoms with Crippen molar-refractivity contribution in [3.05, 3.63) is 23.5 Å². The van der Waals surface area contributed by atoms with Crippen molar-refractivity contribution in [1.82, 2.24) is 19.6 Å².